The fourth-order valence-corrected chi connectivity index (χ4v) is 2.21. The summed E-state index contributed by atoms with van der Waals surface area (Å²) in [5.41, 5.74) is 2.52. The van der Waals surface area contributed by atoms with E-state index in [1.54, 1.807) is 0 Å². The summed E-state index contributed by atoms with van der Waals surface area (Å²) in [6.07, 6.45) is 0. The van der Waals surface area contributed by atoms with Gasteiger partial charge in [0.1, 0.15) is 11.0 Å². The molecule has 0 atom stereocenters. The van der Waals surface area contributed by atoms with Crippen LogP contribution in [0, 0.1) is 0 Å². The van der Waals surface area contributed by atoms with Gasteiger partial charge in [0.25, 0.3) is 5.91 Å². The normalized spacial score (nSPS) is 11.4. The maximum Gasteiger partial charge on any atom is 0.251 e. The summed E-state index contributed by atoms with van der Waals surface area (Å²) < 4.78 is 24.1. The highest BCUT2D eigenvalue weighted by atomic mass is 35.5. The Labute approximate surface area is 122 Å². The highest BCUT2D eigenvalue weighted by molar-refractivity contribution is 7.89. The highest BCUT2D eigenvalue weighted by Gasteiger charge is 2.14. The molecule has 0 bridgehead atoms. The Kier molecular flexibility index (Phi) is 5.69. The van der Waals surface area contributed by atoms with Gasteiger partial charge >= 0.3 is 0 Å². The summed E-state index contributed by atoms with van der Waals surface area (Å²) in [6, 6.07) is 2.76. The number of rotatable bonds is 6. The summed E-state index contributed by atoms with van der Waals surface area (Å²) in [7, 11) is -0.490. The second-order valence-electron chi connectivity index (χ2n) is 4.06. The number of hydrogen-bond donors (Lipinski definition) is 3. The van der Waals surface area contributed by atoms with Crippen LogP contribution in [-0.4, -0.2) is 50.0 Å². The lowest BCUT2D eigenvalue weighted by atomic mass is 10.2. The lowest BCUT2D eigenvalue weighted by Gasteiger charge is -2.11. The molecule has 1 heterocycles. The maximum atomic E-state index is 11.8. The number of nitrogens with one attached hydrogen (secondary N) is 2. The zero-order valence-corrected chi connectivity index (χ0v) is 12.6. The number of carbonyl (C=O) groups is 1. The molecule has 112 valence electrons. The number of hydrazine groups is 1. The first-order valence-corrected chi connectivity index (χ1v) is 7.57. The summed E-state index contributed by atoms with van der Waals surface area (Å²) in [5, 5.41) is 2.59. The van der Waals surface area contributed by atoms with Crippen LogP contribution < -0.4 is 16.6 Å². The molecule has 1 amide bonds. The van der Waals surface area contributed by atoms with Gasteiger partial charge in [0.2, 0.25) is 10.0 Å². The number of anilines is 1. The number of pyridine rings is 1. The predicted octanol–water partition coefficient (Wildman–Crippen LogP) is -0.358. The Bertz CT molecular complexity index is 591. The molecular weight excluding hydrogens is 306 g/mol. The third kappa shape index (κ3) is 4.60. The third-order valence-electron chi connectivity index (χ3n) is 2.41. The molecular formula is C10H16ClN5O3S. The molecule has 4 N–H and O–H groups in total. The second kappa shape index (κ2) is 6.84. The zero-order valence-electron chi connectivity index (χ0n) is 11.1. The van der Waals surface area contributed by atoms with Crippen LogP contribution in [-0.2, 0) is 10.0 Å². The monoisotopic (exact) mass is 321 g/mol. The standard InChI is InChI=1S/C10H16ClN5O3S/c1-16(2)20(18,19)4-3-13-10(17)7-5-8(11)14-9(6-7)15-12/h5-6H,3-4,12H2,1-2H3,(H,13,17)(H,14,15). The van der Waals surface area contributed by atoms with Gasteiger partial charge in [0.15, 0.2) is 0 Å². The molecule has 0 saturated heterocycles. The number of amides is 1. The van der Waals surface area contributed by atoms with Crippen LogP contribution in [0.25, 0.3) is 0 Å². The van der Waals surface area contributed by atoms with Gasteiger partial charge in [-0.05, 0) is 12.1 Å². The van der Waals surface area contributed by atoms with Crippen LogP contribution >= 0.6 is 11.6 Å². The van der Waals surface area contributed by atoms with E-state index in [2.05, 4.69) is 15.7 Å². The number of nitrogen functional groups attached to an aromatic ring is 1. The van der Waals surface area contributed by atoms with Gasteiger partial charge in [-0.1, -0.05) is 11.6 Å². The molecule has 0 spiro atoms. The van der Waals surface area contributed by atoms with Crippen molar-refractivity contribution < 1.29 is 13.2 Å². The summed E-state index contributed by atoms with van der Waals surface area (Å²) in [5.74, 6) is 4.78. The molecule has 1 rings (SSSR count). The van der Waals surface area contributed by atoms with Crippen LogP contribution in [0.2, 0.25) is 5.15 Å². The number of carbonyl (C=O) groups excluding carboxylic acids is 1. The van der Waals surface area contributed by atoms with Gasteiger partial charge in [-0.15, -0.1) is 0 Å². The van der Waals surface area contributed by atoms with Crippen molar-refractivity contribution in [1.82, 2.24) is 14.6 Å². The highest BCUT2D eigenvalue weighted by Crippen LogP contribution is 2.13. The molecule has 8 nitrogen and oxygen atoms in total. The first-order chi connectivity index (χ1) is 9.26. The van der Waals surface area contributed by atoms with Crippen molar-refractivity contribution in [3.8, 4) is 0 Å². The lowest BCUT2D eigenvalue weighted by molar-refractivity contribution is 0.0956. The van der Waals surface area contributed by atoms with E-state index >= 15 is 0 Å². The van der Waals surface area contributed by atoms with E-state index in [-0.39, 0.29) is 28.8 Å². The average Bonchev–Trinajstić information content (AvgIpc) is 2.37. The van der Waals surface area contributed by atoms with E-state index in [9.17, 15) is 13.2 Å². The summed E-state index contributed by atoms with van der Waals surface area (Å²) in [6.45, 7) is -0.00925. The molecule has 0 unspecified atom stereocenters. The molecule has 20 heavy (non-hydrogen) atoms. The van der Waals surface area contributed by atoms with Crippen LogP contribution in [0.5, 0.6) is 0 Å². The van der Waals surface area contributed by atoms with E-state index in [0.29, 0.717) is 0 Å². The van der Waals surface area contributed by atoms with Crippen LogP contribution in [0.3, 0.4) is 0 Å². The smallest absolute Gasteiger partial charge is 0.251 e. The van der Waals surface area contributed by atoms with Crippen LogP contribution in [0.15, 0.2) is 12.1 Å². The van der Waals surface area contributed by atoms with Crippen molar-refractivity contribution in [3.63, 3.8) is 0 Å². The topological polar surface area (TPSA) is 117 Å². The number of hydrogen-bond acceptors (Lipinski definition) is 6. The zero-order chi connectivity index (χ0) is 15.3. The van der Waals surface area contributed by atoms with E-state index < -0.39 is 15.9 Å². The van der Waals surface area contributed by atoms with Gasteiger partial charge in [0, 0.05) is 26.2 Å². The average molecular weight is 322 g/mol. The van der Waals surface area contributed by atoms with E-state index in [1.807, 2.05) is 0 Å². The number of nitrogens with zero attached hydrogens (tertiary/aromatic N) is 2. The van der Waals surface area contributed by atoms with Crippen molar-refractivity contribution in [2.75, 3.05) is 31.8 Å². The van der Waals surface area contributed by atoms with Gasteiger partial charge in [-0.3, -0.25) is 4.79 Å². The molecule has 10 heteroatoms. The van der Waals surface area contributed by atoms with Gasteiger partial charge in [-0.2, -0.15) is 0 Å². The van der Waals surface area contributed by atoms with Crippen molar-refractivity contribution in [1.29, 1.82) is 0 Å². The number of aromatic nitrogens is 1. The largest absolute Gasteiger partial charge is 0.351 e. The minimum absolute atomic E-state index is 0.00925. The van der Waals surface area contributed by atoms with E-state index in [0.717, 1.165) is 4.31 Å². The molecule has 0 aliphatic carbocycles. The van der Waals surface area contributed by atoms with Crippen molar-refractivity contribution >= 4 is 33.3 Å². The number of sulfonamides is 1. The molecule has 0 aromatic carbocycles. The molecule has 0 fully saturated rings. The van der Waals surface area contributed by atoms with Gasteiger partial charge in [0.05, 0.1) is 5.75 Å². The third-order valence-corrected chi connectivity index (χ3v) is 4.43. The number of nitrogens with two attached hydrogens (primary N) is 1. The summed E-state index contributed by atoms with van der Waals surface area (Å²) >= 11 is 5.73. The van der Waals surface area contributed by atoms with Gasteiger partial charge in [-0.25, -0.2) is 23.5 Å². The Hall–Kier alpha value is -1.42. The minimum atomic E-state index is -3.35. The molecule has 0 radical (unpaired) electrons. The fraction of sp³-hybridized carbons (Fsp3) is 0.400. The Morgan fingerprint density at radius 2 is 2.10 bits per heavy atom. The molecule has 0 saturated carbocycles. The predicted molar refractivity (Wildman–Crippen MR) is 76.9 cm³/mol. The Morgan fingerprint density at radius 3 is 2.65 bits per heavy atom. The van der Waals surface area contributed by atoms with Gasteiger partial charge < -0.3 is 10.7 Å². The SMILES string of the molecule is CN(C)S(=O)(=O)CCNC(=O)c1cc(Cl)nc(NN)c1. The molecule has 0 aliphatic rings. The first-order valence-electron chi connectivity index (χ1n) is 5.59. The maximum absolute atomic E-state index is 11.8. The summed E-state index contributed by atoms with van der Waals surface area (Å²) in [4.78, 5) is 15.7. The first kappa shape index (κ1) is 16.6. The Morgan fingerprint density at radius 1 is 1.45 bits per heavy atom. The quantitative estimate of drug-likeness (QED) is 0.374. The van der Waals surface area contributed by atoms with Crippen molar-refractivity contribution in [3.05, 3.63) is 22.8 Å². The second-order valence-corrected chi connectivity index (χ2v) is 6.75. The van der Waals surface area contributed by atoms with Crippen LogP contribution in [0.4, 0.5) is 5.82 Å². The van der Waals surface area contributed by atoms with E-state index in [1.165, 1.54) is 26.2 Å². The fourth-order valence-electron chi connectivity index (χ4n) is 1.28. The van der Waals surface area contributed by atoms with Crippen molar-refractivity contribution in [2.45, 2.75) is 0 Å². The van der Waals surface area contributed by atoms with E-state index in [4.69, 9.17) is 17.4 Å². The number of halogens is 1. The minimum Gasteiger partial charge on any atom is -0.351 e. The Balaban J connectivity index is 2.66. The lowest BCUT2D eigenvalue weighted by Crippen LogP contribution is -2.34. The van der Waals surface area contributed by atoms with Crippen molar-refractivity contribution in [2.24, 2.45) is 5.84 Å². The molecule has 1 aromatic heterocycles. The van der Waals surface area contributed by atoms with Crippen LogP contribution in [0.1, 0.15) is 10.4 Å². The molecule has 1 aromatic rings. The molecule has 0 aliphatic heterocycles.